The summed E-state index contributed by atoms with van der Waals surface area (Å²) < 4.78 is 3.69. The Bertz CT molecular complexity index is 240. The molecule has 0 unspecified atom stereocenters. The van der Waals surface area contributed by atoms with Gasteiger partial charge in [0.2, 0.25) is 0 Å². The summed E-state index contributed by atoms with van der Waals surface area (Å²) in [4.78, 5) is 7.60. The second kappa shape index (κ2) is 4.03. The third kappa shape index (κ3) is 2.30. The zero-order valence-electron chi connectivity index (χ0n) is 6.50. The van der Waals surface area contributed by atoms with E-state index in [0.29, 0.717) is 12.3 Å². The van der Waals surface area contributed by atoms with Gasteiger partial charge in [0.25, 0.3) is 4.52 Å². The first kappa shape index (κ1) is 9.71. The molecular weight excluding hydrogens is 199 g/mol. The van der Waals surface area contributed by atoms with Gasteiger partial charge in [-0.2, -0.15) is 0 Å². The lowest BCUT2D eigenvalue weighted by atomic mass is 10.4. The van der Waals surface area contributed by atoms with E-state index in [-0.39, 0.29) is 0 Å². The van der Waals surface area contributed by atoms with Crippen molar-refractivity contribution in [3.63, 3.8) is 0 Å². The predicted octanol–water partition coefficient (Wildman–Crippen LogP) is 2.10. The minimum absolute atomic E-state index is 0.428. The van der Waals surface area contributed by atoms with Gasteiger partial charge in [-0.05, 0) is 13.0 Å². The van der Waals surface area contributed by atoms with Gasteiger partial charge in [0.15, 0.2) is 0 Å². The maximum absolute atomic E-state index is 5.81. The monoisotopic (exact) mass is 206 g/mol. The molecule has 66 valence electrons. The van der Waals surface area contributed by atoms with Gasteiger partial charge in [-0.1, -0.05) is 23.2 Å². The summed E-state index contributed by atoms with van der Waals surface area (Å²) in [5, 5.41) is 0. The Labute approximate surface area is 80.7 Å². The van der Waals surface area contributed by atoms with Crippen molar-refractivity contribution in [2.75, 3.05) is 6.61 Å². The Morgan fingerprint density at radius 2 is 2.33 bits per heavy atom. The average molecular weight is 207 g/mol. The van der Waals surface area contributed by atoms with Crippen molar-refractivity contribution in [2.24, 2.45) is 0 Å². The Hall–Kier alpha value is -0.380. The van der Waals surface area contributed by atoms with Gasteiger partial charge in [-0.3, -0.25) is 0 Å². The van der Waals surface area contributed by atoms with Crippen molar-refractivity contribution in [2.45, 2.75) is 11.4 Å². The standard InChI is InChI=1S/C7H8Cl2N2O/c1-2-12-7(8,9)6-3-4-10-5-11-6/h3-5H,2H2,1H3. The molecule has 0 aromatic carbocycles. The molecule has 1 rings (SSSR count). The van der Waals surface area contributed by atoms with E-state index >= 15 is 0 Å². The van der Waals surface area contributed by atoms with Crippen LogP contribution >= 0.6 is 23.2 Å². The topological polar surface area (TPSA) is 35.0 Å². The normalized spacial score (nSPS) is 11.6. The molecule has 0 amide bonds. The van der Waals surface area contributed by atoms with Crippen LogP contribution in [0.3, 0.4) is 0 Å². The van der Waals surface area contributed by atoms with E-state index in [1.54, 1.807) is 19.2 Å². The molecule has 0 saturated heterocycles. The molecular formula is C7H8Cl2N2O. The largest absolute Gasteiger partial charge is 0.342 e. The molecule has 1 heterocycles. The third-order valence-corrected chi connectivity index (χ3v) is 1.81. The summed E-state index contributed by atoms with van der Waals surface area (Å²) in [5.41, 5.74) is 0.447. The maximum atomic E-state index is 5.81. The third-order valence-electron chi connectivity index (χ3n) is 1.21. The van der Waals surface area contributed by atoms with E-state index in [1.807, 2.05) is 0 Å². The molecule has 1 aromatic heterocycles. The first-order valence-corrected chi connectivity index (χ1v) is 4.20. The molecule has 0 bridgehead atoms. The summed E-state index contributed by atoms with van der Waals surface area (Å²) in [6, 6.07) is 1.61. The lowest BCUT2D eigenvalue weighted by Crippen LogP contribution is -2.16. The van der Waals surface area contributed by atoms with Crippen molar-refractivity contribution >= 4 is 23.2 Å². The van der Waals surface area contributed by atoms with Crippen LogP contribution in [-0.4, -0.2) is 16.6 Å². The molecule has 0 spiro atoms. The molecule has 0 aliphatic rings. The van der Waals surface area contributed by atoms with Crippen molar-refractivity contribution in [3.05, 3.63) is 24.3 Å². The second-order valence-corrected chi connectivity index (χ2v) is 3.30. The van der Waals surface area contributed by atoms with E-state index < -0.39 is 4.52 Å². The smallest absolute Gasteiger partial charge is 0.261 e. The van der Waals surface area contributed by atoms with Crippen LogP contribution in [0.15, 0.2) is 18.6 Å². The summed E-state index contributed by atoms with van der Waals surface area (Å²) in [5.74, 6) is 0. The zero-order valence-corrected chi connectivity index (χ0v) is 8.01. The number of alkyl halides is 2. The highest BCUT2D eigenvalue weighted by Gasteiger charge is 2.28. The number of hydrogen-bond acceptors (Lipinski definition) is 3. The fourth-order valence-electron chi connectivity index (χ4n) is 0.718. The van der Waals surface area contributed by atoms with Gasteiger partial charge >= 0.3 is 0 Å². The van der Waals surface area contributed by atoms with Gasteiger partial charge < -0.3 is 4.74 Å². The van der Waals surface area contributed by atoms with E-state index in [2.05, 4.69) is 9.97 Å². The minimum atomic E-state index is -1.36. The van der Waals surface area contributed by atoms with Crippen LogP contribution < -0.4 is 0 Å². The second-order valence-electron chi connectivity index (χ2n) is 2.04. The van der Waals surface area contributed by atoms with Crippen LogP contribution in [0.4, 0.5) is 0 Å². The lowest BCUT2D eigenvalue weighted by molar-refractivity contribution is 0.0850. The van der Waals surface area contributed by atoms with Gasteiger partial charge in [0, 0.05) is 12.8 Å². The highest BCUT2D eigenvalue weighted by Crippen LogP contribution is 2.32. The first-order chi connectivity index (χ1) is 5.67. The van der Waals surface area contributed by atoms with Crippen LogP contribution in [0.25, 0.3) is 0 Å². The van der Waals surface area contributed by atoms with Crippen LogP contribution in [0.1, 0.15) is 12.6 Å². The molecule has 0 radical (unpaired) electrons. The summed E-state index contributed by atoms with van der Waals surface area (Å²) >= 11 is 11.6. The van der Waals surface area contributed by atoms with Crippen molar-refractivity contribution in [3.8, 4) is 0 Å². The van der Waals surface area contributed by atoms with E-state index in [1.165, 1.54) is 6.33 Å². The average Bonchev–Trinajstić information content (AvgIpc) is 2.06. The molecule has 0 saturated carbocycles. The van der Waals surface area contributed by atoms with E-state index in [0.717, 1.165) is 0 Å². The van der Waals surface area contributed by atoms with Crippen LogP contribution in [0.5, 0.6) is 0 Å². The minimum Gasteiger partial charge on any atom is -0.342 e. The van der Waals surface area contributed by atoms with Gasteiger partial charge in [-0.15, -0.1) is 0 Å². The highest BCUT2D eigenvalue weighted by atomic mass is 35.5. The number of halogens is 2. The summed E-state index contributed by atoms with van der Waals surface area (Å²) in [6.07, 6.45) is 2.93. The van der Waals surface area contributed by atoms with E-state index in [9.17, 15) is 0 Å². The van der Waals surface area contributed by atoms with Gasteiger partial charge in [0.05, 0.1) is 0 Å². The molecule has 5 heteroatoms. The van der Waals surface area contributed by atoms with E-state index in [4.69, 9.17) is 27.9 Å². The number of aromatic nitrogens is 2. The highest BCUT2D eigenvalue weighted by molar-refractivity contribution is 6.46. The lowest BCUT2D eigenvalue weighted by Gasteiger charge is -2.17. The fraction of sp³-hybridized carbons (Fsp3) is 0.429. The summed E-state index contributed by atoms with van der Waals surface area (Å²) in [6.45, 7) is 2.23. The Kier molecular flexibility index (Phi) is 3.26. The van der Waals surface area contributed by atoms with Crippen LogP contribution in [-0.2, 0) is 9.26 Å². The van der Waals surface area contributed by atoms with Crippen molar-refractivity contribution in [1.29, 1.82) is 0 Å². The summed E-state index contributed by atoms with van der Waals surface area (Å²) in [7, 11) is 0. The molecule has 0 aliphatic heterocycles. The number of ether oxygens (including phenoxy) is 1. The SMILES string of the molecule is CCOC(Cl)(Cl)c1ccncn1. The maximum Gasteiger partial charge on any atom is 0.261 e. The van der Waals surface area contributed by atoms with Crippen LogP contribution in [0, 0.1) is 0 Å². The molecule has 12 heavy (non-hydrogen) atoms. The first-order valence-electron chi connectivity index (χ1n) is 3.45. The Morgan fingerprint density at radius 1 is 1.58 bits per heavy atom. The number of nitrogens with zero attached hydrogens (tertiary/aromatic N) is 2. The Morgan fingerprint density at radius 3 is 2.83 bits per heavy atom. The molecule has 0 fully saturated rings. The molecule has 0 N–H and O–H groups in total. The molecule has 1 aromatic rings. The number of rotatable bonds is 3. The van der Waals surface area contributed by atoms with Crippen molar-refractivity contribution < 1.29 is 4.74 Å². The predicted molar refractivity (Wildman–Crippen MR) is 47.0 cm³/mol. The van der Waals surface area contributed by atoms with Gasteiger partial charge in [-0.25, -0.2) is 9.97 Å². The zero-order chi connectivity index (χ0) is 9.03. The van der Waals surface area contributed by atoms with Crippen LogP contribution in [0.2, 0.25) is 0 Å². The molecule has 0 aliphatic carbocycles. The molecule has 0 atom stereocenters. The molecule has 3 nitrogen and oxygen atoms in total. The number of hydrogen-bond donors (Lipinski definition) is 0. The van der Waals surface area contributed by atoms with Crippen molar-refractivity contribution in [1.82, 2.24) is 9.97 Å². The Balaban J connectivity index is 2.82. The van der Waals surface area contributed by atoms with Gasteiger partial charge in [0.1, 0.15) is 12.0 Å². The fourth-order valence-corrected chi connectivity index (χ4v) is 1.16. The quantitative estimate of drug-likeness (QED) is 0.712.